The molecule has 2 unspecified atom stereocenters. The zero-order valence-corrected chi connectivity index (χ0v) is 11.9. The Morgan fingerprint density at radius 1 is 1.35 bits per heavy atom. The number of hydrogen-bond donors (Lipinski definition) is 0. The van der Waals surface area contributed by atoms with E-state index in [1.165, 1.54) is 6.42 Å². The van der Waals surface area contributed by atoms with Gasteiger partial charge in [0.05, 0.1) is 6.10 Å². The van der Waals surface area contributed by atoms with Gasteiger partial charge in [0.2, 0.25) is 5.88 Å². The Kier molecular flexibility index (Phi) is 4.40. The van der Waals surface area contributed by atoms with Gasteiger partial charge in [-0.2, -0.15) is 0 Å². The molecule has 0 spiro atoms. The van der Waals surface area contributed by atoms with Gasteiger partial charge in [-0.15, -0.1) is 0 Å². The molecule has 2 rings (SSSR count). The fourth-order valence-corrected chi connectivity index (χ4v) is 2.39. The lowest BCUT2D eigenvalue weighted by atomic mass is 9.95. The molecule has 3 nitrogen and oxygen atoms in total. The Morgan fingerprint density at radius 3 is 2.82 bits per heavy atom. The summed E-state index contributed by atoms with van der Waals surface area (Å²) in [5.41, 5.74) is 1.15. The van der Waals surface area contributed by atoms with E-state index in [4.69, 9.17) is 9.47 Å². The summed E-state index contributed by atoms with van der Waals surface area (Å²) in [6.45, 7) is 2.04. The van der Waals surface area contributed by atoms with Gasteiger partial charge in [-0.3, -0.25) is 0 Å². The summed E-state index contributed by atoms with van der Waals surface area (Å²) in [5, 5.41) is 0. The van der Waals surface area contributed by atoms with E-state index in [9.17, 15) is 0 Å². The lowest BCUT2D eigenvalue weighted by Crippen LogP contribution is -2.29. The molecule has 94 valence electrons. The first-order valence-corrected chi connectivity index (χ1v) is 6.80. The van der Waals surface area contributed by atoms with E-state index >= 15 is 0 Å². The monoisotopic (exact) mass is 299 g/mol. The summed E-state index contributed by atoms with van der Waals surface area (Å²) >= 11 is 3.44. The summed E-state index contributed by atoms with van der Waals surface area (Å²) < 4.78 is 12.3. The van der Waals surface area contributed by atoms with Crippen LogP contribution in [-0.4, -0.2) is 24.3 Å². The summed E-state index contributed by atoms with van der Waals surface area (Å²) in [5.74, 6) is 0.715. The van der Waals surface area contributed by atoms with E-state index in [-0.39, 0.29) is 6.10 Å². The van der Waals surface area contributed by atoms with Crippen LogP contribution in [0.25, 0.3) is 0 Å². The molecule has 17 heavy (non-hydrogen) atoms. The van der Waals surface area contributed by atoms with Crippen molar-refractivity contribution in [1.82, 2.24) is 4.98 Å². The van der Waals surface area contributed by atoms with E-state index in [2.05, 4.69) is 20.9 Å². The van der Waals surface area contributed by atoms with Gasteiger partial charge in [-0.1, -0.05) is 0 Å². The van der Waals surface area contributed by atoms with Gasteiger partial charge in [0.15, 0.2) is 0 Å². The van der Waals surface area contributed by atoms with Crippen LogP contribution in [0.5, 0.6) is 5.88 Å². The number of rotatable bonds is 3. The van der Waals surface area contributed by atoms with E-state index in [0.717, 1.165) is 29.3 Å². The van der Waals surface area contributed by atoms with Crippen molar-refractivity contribution in [3.8, 4) is 5.88 Å². The van der Waals surface area contributed by atoms with Crippen molar-refractivity contribution < 1.29 is 9.47 Å². The van der Waals surface area contributed by atoms with E-state index < -0.39 is 0 Å². The number of aromatic nitrogens is 1. The van der Waals surface area contributed by atoms with Crippen molar-refractivity contribution in [1.29, 1.82) is 0 Å². The Bertz CT molecular complexity index is 384. The maximum Gasteiger partial charge on any atom is 0.213 e. The molecule has 1 heterocycles. The number of pyridine rings is 1. The number of aryl methyl sites for hydroxylation is 1. The van der Waals surface area contributed by atoms with E-state index in [1.54, 1.807) is 13.3 Å². The minimum Gasteiger partial charge on any atom is -0.474 e. The lowest BCUT2D eigenvalue weighted by Gasteiger charge is -2.28. The van der Waals surface area contributed by atoms with Gasteiger partial charge in [-0.25, -0.2) is 4.98 Å². The Labute approximate surface area is 111 Å². The molecule has 1 aliphatic carbocycles. The van der Waals surface area contributed by atoms with Crippen LogP contribution >= 0.6 is 15.9 Å². The quantitative estimate of drug-likeness (QED) is 0.856. The van der Waals surface area contributed by atoms with E-state index in [1.807, 2.05) is 13.0 Å². The number of methoxy groups -OCH3 is 1. The van der Waals surface area contributed by atoms with Gasteiger partial charge in [0, 0.05) is 30.3 Å². The molecular weight excluding hydrogens is 282 g/mol. The molecule has 0 saturated heterocycles. The van der Waals surface area contributed by atoms with Gasteiger partial charge in [0.25, 0.3) is 0 Å². The number of halogens is 1. The molecule has 0 radical (unpaired) electrons. The second-order valence-electron chi connectivity index (χ2n) is 4.54. The maximum absolute atomic E-state index is 5.91. The Hall–Kier alpha value is -0.610. The largest absolute Gasteiger partial charge is 0.474 e. The van der Waals surface area contributed by atoms with Gasteiger partial charge < -0.3 is 9.47 Å². The third-order valence-electron chi connectivity index (χ3n) is 3.22. The molecule has 0 N–H and O–H groups in total. The number of ether oxygens (including phenoxy) is 2. The normalized spacial score (nSPS) is 24.6. The van der Waals surface area contributed by atoms with Crippen molar-refractivity contribution >= 4 is 15.9 Å². The van der Waals surface area contributed by atoms with Gasteiger partial charge in [0.1, 0.15) is 6.10 Å². The average Bonchev–Trinajstić information content (AvgIpc) is 2.34. The van der Waals surface area contributed by atoms with Crippen LogP contribution in [0.15, 0.2) is 16.7 Å². The second kappa shape index (κ2) is 5.83. The first-order valence-electron chi connectivity index (χ1n) is 6.00. The summed E-state index contributed by atoms with van der Waals surface area (Å²) in [4.78, 5) is 4.27. The molecule has 1 aliphatic rings. The van der Waals surface area contributed by atoms with Crippen LogP contribution < -0.4 is 4.74 Å². The third-order valence-corrected chi connectivity index (χ3v) is 4.05. The van der Waals surface area contributed by atoms with Crippen LogP contribution in [0.1, 0.15) is 31.2 Å². The molecule has 1 aromatic heterocycles. The Balaban J connectivity index is 1.97. The Morgan fingerprint density at radius 2 is 2.12 bits per heavy atom. The smallest absolute Gasteiger partial charge is 0.213 e. The van der Waals surface area contributed by atoms with Crippen LogP contribution in [0.4, 0.5) is 0 Å². The van der Waals surface area contributed by atoms with Crippen molar-refractivity contribution in [2.45, 2.75) is 44.8 Å². The SMILES string of the molecule is COC1CCCC(Oc2cc(C)c(Br)cn2)C1. The molecule has 4 heteroatoms. The predicted octanol–water partition coefficient (Wildman–Crippen LogP) is 3.49. The molecule has 1 aromatic rings. The first kappa shape index (κ1) is 12.8. The van der Waals surface area contributed by atoms with Crippen molar-refractivity contribution in [2.24, 2.45) is 0 Å². The molecule has 0 aromatic carbocycles. The summed E-state index contributed by atoms with van der Waals surface area (Å²) in [7, 11) is 1.77. The standard InChI is InChI=1S/C13H18BrNO2/c1-9-6-13(15-8-12(9)14)17-11-5-3-4-10(7-11)16-2/h6,8,10-11H,3-5,7H2,1-2H3. The summed E-state index contributed by atoms with van der Waals surface area (Å²) in [6, 6.07) is 1.97. The highest BCUT2D eigenvalue weighted by Gasteiger charge is 2.23. The lowest BCUT2D eigenvalue weighted by molar-refractivity contribution is 0.0195. The van der Waals surface area contributed by atoms with Gasteiger partial charge in [-0.05, 0) is 47.7 Å². The van der Waals surface area contributed by atoms with Crippen LogP contribution in [-0.2, 0) is 4.74 Å². The van der Waals surface area contributed by atoms with Crippen LogP contribution in [0.2, 0.25) is 0 Å². The first-order chi connectivity index (χ1) is 8.19. The fraction of sp³-hybridized carbons (Fsp3) is 0.615. The number of nitrogens with zero attached hydrogens (tertiary/aromatic N) is 1. The minimum absolute atomic E-state index is 0.238. The minimum atomic E-state index is 0.238. The molecule has 0 amide bonds. The molecule has 1 saturated carbocycles. The van der Waals surface area contributed by atoms with Crippen LogP contribution in [0, 0.1) is 6.92 Å². The number of hydrogen-bond acceptors (Lipinski definition) is 3. The highest BCUT2D eigenvalue weighted by Crippen LogP contribution is 2.26. The highest BCUT2D eigenvalue weighted by molar-refractivity contribution is 9.10. The second-order valence-corrected chi connectivity index (χ2v) is 5.39. The third kappa shape index (κ3) is 3.42. The van der Waals surface area contributed by atoms with Gasteiger partial charge >= 0.3 is 0 Å². The molecular formula is C13H18BrNO2. The molecule has 0 bridgehead atoms. The zero-order chi connectivity index (χ0) is 12.3. The van der Waals surface area contributed by atoms with Crippen molar-refractivity contribution in [3.05, 3.63) is 22.3 Å². The average molecular weight is 300 g/mol. The fourth-order valence-electron chi connectivity index (χ4n) is 2.17. The molecule has 0 aliphatic heterocycles. The molecule has 1 fully saturated rings. The predicted molar refractivity (Wildman–Crippen MR) is 70.4 cm³/mol. The van der Waals surface area contributed by atoms with Crippen LogP contribution in [0.3, 0.4) is 0 Å². The topological polar surface area (TPSA) is 31.4 Å². The maximum atomic E-state index is 5.91. The molecule has 2 atom stereocenters. The van der Waals surface area contributed by atoms with Crippen molar-refractivity contribution in [2.75, 3.05) is 7.11 Å². The summed E-state index contributed by atoms with van der Waals surface area (Å²) in [6.07, 6.45) is 6.74. The highest BCUT2D eigenvalue weighted by atomic mass is 79.9. The zero-order valence-electron chi connectivity index (χ0n) is 10.3. The van der Waals surface area contributed by atoms with Crippen molar-refractivity contribution in [3.63, 3.8) is 0 Å². The van der Waals surface area contributed by atoms with E-state index in [0.29, 0.717) is 12.0 Å².